The molecule has 0 bridgehead atoms. The van der Waals surface area contributed by atoms with Crippen LogP contribution in [0.25, 0.3) is 17.1 Å². The first-order valence-electron chi connectivity index (χ1n) is 7.82. The molecule has 0 atom stereocenters. The maximum atomic E-state index is 12.5. The lowest BCUT2D eigenvalue weighted by Gasteiger charge is -2.28. The third-order valence-corrected chi connectivity index (χ3v) is 4.15. The minimum atomic E-state index is -1.30. The highest BCUT2D eigenvalue weighted by Gasteiger charge is 2.38. The molecule has 8 nitrogen and oxygen atoms in total. The number of nitrogens with one attached hydrogen (secondary N) is 1. The zero-order chi connectivity index (χ0) is 17.4. The average molecular weight is 341 g/mol. The molecule has 0 aromatic carbocycles. The molecule has 8 heteroatoms. The number of ketones is 1. The summed E-state index contributed by atoms with van der Waals surface area (Å²) in [4.78, 5) is 33.0. The van der Waals surface area contributed by atoms with E-state index in [1.54, 1.807) is 29.4 Å². The Morgan fingerprint density at radius 2 is 2.16 bits per heavy atom. The normalized spacial score (nSPS) is 19.8. The number of pyridine rings is 1. The molecular weight excluding hydrogens is 326 g/mol. The quantitative estimate of drug-likeness (QED) is 0.637. The SMILES string of the molecule is O=C(O)C1=C(N2CCOCC2)O/C(=C\c2c[nH]c3ncccc23)C1=O. The number of morpholine rings is 1. The van der Waals surface area contributed by atoms with Gasteiger partial charge in [0.2, 0.25) is 11.7 Å². The molecule has 0 radical (unpaired) electrons. The number of aromatic nitrogens is 2. The predicted octanol–water partition coefficient (Wildman–Crippen LogP) is 1.13. The minimum absolute atomic E-state index is 0.0105. The van der Waals surface area contributed by atoms with Crippen LogP contribution in [0.3, 0.4) is 0 Å². The van der Waals surface area contributed by atoms with Crippen molar-refractivity contribution in [2.24, 2.45) is 0 Å². The third kappa shape index (κ3) is 2.66. The van der Waals surface area contributed by atoms with Gasteiger partial charge >= 0.3 is 5.97 Å². The van der Waals surface area contributed by atoms with Crippen LogP contribution in [0.15, 0.2) is 41.7 Å². The summed E-state index contributed by atoms with van der Waals surface area (Å²) in [5, 5.41) is 10.3. The van der Waals surface area contributed by atoms with E-state index in [9.17, 15) is 14.7 Å². The molecule has 0 aliphatic carbocycles. The first-order chi connectivity index (χ1) is 12.1. The molecule has 2 aliphatic rings. The molecule has 0 unspecified atom stereocenters. The first kappa shape index (κ1) is 15.4. The Morgan fingerprint density at radius 1 is 1.36 bits per heavy atom. The number of carbonyl (C=O) groups is 2. The molecule has 2 N–H and O–H groups in total. The number of carboxylic acids is 1. The van der Waals surface area contributed by atoms with Crippen LogP contribution in [0.2, 0.25) is 0 Å². The molecule has 0 spiro atoms. The van der Waals surface area contributed by atoms with Crippen LogP contribution < -0.4 is 0 Å². The Hall–Kier alpha value is -3.13. The standard InChI is InChI=1S/C17H15N3O5/c21-14-12(8-10-9-19-15-11(10)2-1-3-18-15)25-16(13(14)17(22)23)20-4-6-24-7-5-20/h1-3,8-9H,4-7H2,(H,18,19)(H,22,23)/b12-8-. The largest absolute Gasteiger partial charge is 0.477 e. The Labute approximate surface area is 142 Å². The van der Waals surface area contributed by atoms with Gasteiger partial charge in [-0.25, -0.2) is 9.78 Å². The molecule has 128 valence electrons. The topological polar surface area (TPSA) is 105 Å². The summed E-state index contributed by atoms with van der Waals surface area (Å²) in [5.74, 6) is -1.85. The summed E-state index contributed by atoms with van der Waals surface area (Å²) in [6.07, 6.45) is 4.90. The number of carbonyl (C=O) groups excluding carboxylic acids is 1. The number of H-pyrrole nitrogens is 1. The second-order valence-corrected chi connectivity index (χ2v) is 5.67. The van der Waals surface area contributed by atoms with E-state index in [1.165, 1.54) is 0 Å². The Morgan fingerprint density at radius 3 is 2.92 bits per heavy atom. The number of fused-ring (bicyclic) bond motifs is 1. The third-order valence-electron chi connectivity index (χ3n) is 4.15. The van der Waals surface area contributed by atoms with Crippen LogP contribution >= 0.6 is 0 Å². The molecule has 4 rings (SSSR count). The van der Waals surface area contributed by atoms with Crippen LogP contribution in [0.1, 0.15) is 5.56 Å². The van der Waals surface area contributed by atoms with Crippen molar-refractivity contribution in [3.8, 4) is 0 Å². The maximum absolute atomic E-state index is 12.5. The number of hydrogen-bond acceptors (Lipinski definition) is 6. The smallest absolute Gasteiger partial charge is 0.345 e. The molecule has 2 aromatic heterocycles. The van der Waals surface area contributed by atoms with Gasteiger partial charge in [0.25, 0.3) is 0 Å². The zero-order valence-electron chi connectivity index (χ0n) is 13.2. The van der Waals surface area contributed by atoms with Crippen molar-refractivity contribution in [3.05, 3.63) is 47.3 Å². The monoisotopic (exact) mass is 341 g/mol. The highest BCUT2D eigenvalue weighted by atomic mass is 16.5. The molecule has 1 saturated heterocycles. The van der Waals surface area contributed by atoms with Crippen molar-refractivity contribution in [3.63, 3.8) is 0 Å². The second kappa shape index (κ2) is 6.06. The fourth-order valence-corrected chi connectivity index (χ4v) is 2.93. The van der Waals surface area contributed by atoms with Gasteiger partial charge in [0.15, 0.2) is 11.3 Å². The van der Waals surface area contributed by atoms with Crippen molar-refractivity contribution < 1.29 is 24.2 Å². The number of nitrogens with zero attached hydrogens (tertiary/aromatic N) is 2. The van der Waals surface area contributed by atoms with Crippen LogP contribution in [0, 0.1) is 0 Å². The molecular formula is C17H15N3O5. The van der Waals surface area contributed by atoms with Gasteiger partial charge in [0, 0.05) is 36.4 Å². The van der Waals surface area contributed by atoms with E-state index in [0.717, 1.165) is 5.39 Å². The number of aliphatic carboxylic acids is 1. The lowest BCUT2D eigenvalue weighted by Crippen LogP contribution is -2.36. The molecule has 0 saturated carbocycles. The molecule has 0 amide bonds. The van der Waals surface area contributed by atoms with Crippen LogP contribution in [-0.2, 0) is 19.1 Å². The van der Waals surface area contributed by atoms with E-state index in [-0.39, 0.29) is 17.2 Å². The first-order valence-corrected chi connectivity index (χ1v) is 7.82. The van der Waals surface area contributed by atoms with E-state index in [2.05, 4.69) is 9.97 Å². The number of ether oxygens (including phenoxy) is 2. The summed E-state index contributed by atoms with van der Waals surface area (Å²) in [7, 11) is 0. The number of Topliss-reactive ketones (excluding diaryl/α,β-unsaturated/α-hetero) is 1. The molecule has 2 aromatic rings. The summed E-state index contributed by atoms with van der Waals surface area (Å²) in [6, 6.07) is 3.65. The average Bonchev–Trinajstić information content (AvgIpc) is 3.18. The van der Waals surface area contributed by atoms with Crippen molar-refractivity contribution >= 4 is 28.9 Å². The predicted molar refractivity (Wildman–Crippen MR) is 87.2 cm³/mol. The number of hydrogen-bond donors (Lipinski definition) is 2. The van der Waals surface area contributed by atoms with Crippen molar-refractivity contribution in [2.75, 3.05) is 26.3 Å². The Bertz CT molecular complexity index is 921. The van der Waals surface area contributed by atoms with Crippen molar-refractivity contribution in [1.82, 2.24) is 14.9 Å². The number of rotatable bonds is 3. The Balaban J connectivity index is 1.71. The number of aromatic amines is 1. The fourth-order valence-electron chi connectivity index (χ4n) is 2.93. The minimum Gasteiger partial charge on any atom is -0.477 e. The number of allylic oxidation sites excluding steroid dienone is 1. The van der Waals surface area contributed by atoms with Gasteiger partial charge < -0.3 is 24.5 Å². The van der Waals surface area contributed by atoms with Gasteiger partial charge in [-0.1, -0.05) is 0 Å². The van der Waals surface area contributed by atoms with Gasteiger partial charge in [0.1, 0.15) is 5.65 Å². The van der Waals surface area contributed by atoms with Gasteiger partial charge in [-0.05, 0) is 18.2 Å². The Kier molecular flexibility index (Phi) is 3.73. The summed E-state index contributed by atoms with van der Waals surface area (Å²) in [6.45, 7) is 1.87. The van der Waals surface area contributed by atoms with Gasteiger partial charge in [-0.2, -0.15) is 0 Å². The molecule has 2 aliphatic heterocycles. The highest BCUT2D eigenvalue weighted by molar-refractivity contribution is 6.26. The van der Waals surface area contributed by atoms with E-state index in [4.69, 9.17) is 9.47 Å². The highest BCUT2D eigenvalue weighted by Crippen LogP contribution is 2.30. The molecule has 1 fully saturated rings. The van der Waals surface area contributed by atoms with Crippen LogP contribution in [0.5, 0.6) is 0 Å². The van der Waals surface area contributed by atoms with E-state index in [1.807, 2.05) is 6.07 Å². The van der Waals surface area contributed by atoms with Gasteiger partial charge in [-0.3, -0.25) is 4.79 Å². The van der Waals surface area contributed by atoms with E-state index in [0.29, 0.717) is 37.5 Å². The van der Waals surface area contributed by atoms with Gasteiger partial charge in [0.05, 0.1) is 13.2 Å². The van der Waals surface area contributed by atoms with E-state index < -0.39 is 11.8 Å². The van der Waals surface area contributed by atoms with Crippen LogP contribution in [-0.4, -0.2) is 58.0 Å². The van der Waals surface area contributed by atoms with Crippen molar-refractivity contribution in [2.45, 2.75) is 0 Å². The van der Waals surface area contributed by atoms with Crippen LogP contribution in [0.4, 0.5) is 0 Å². The summed E-state index contributed by atoms with van der Waals surface area (Å²) >= 11 is 0. The summed E-state index contributed by atoms with van der Waals surface area (Å²) in [5.41, 5.74) is 1.05. The van der Waals surface area contributed by atoms with Gasteiger partial charge in [-0.15, -0.1) is 0 Å². The molecule has 25 heavy (non-hydrogen) atoms. The van der Waals surface area contributed by atoms with E-state index >= 15 is 0 Å². The fraction of sp³-hybridized carbons (Fsp3) is 0.235. The number of carboxylic acid groups (broad SMARTS) is 1. The maximum Gasteiger partial charge on any atom is 0.345 e. The lowest BCUT2D eigenvalue weighted by atomic mass is 10.1. The zero-order valence-corrected chi connectivity index (χ0v) is 13.2. The van der Waals surface area contributed by atoms with Crippen molar-refractivity contribution in [1.29, 1.82) is 0 Å². The summed E-state index contributed by atoms with van der Waals surface area (Å²) < 4.78 is 10.9. The lowest BCUT2D eigenvalue weighted by molar-refractivity contribution is -0.134. The molecule has 4 heterocycles. The second-order valence-electron chi connectivity index (χ2n) is 5.67.